The number of terminal acetylenes is 1. The first-order valence-electron chi connectivity index (χ1n) is 9.87. The van der Waals surface area contributed by atoms with Gasteiger partial charge in [0.15, 0.2) is 0 Å². The van der Waals surface area contributed by atoms with Gasteiger partial charge in [0.05, 0.1) is 22.9 Å². The van der Waals surface area contributed by atoms with Crippen molar-refractivity contribution in [2.75, 3.05) is 32.7 Å². The standard InChI is InChI=1S/C21H21N5O4S2/c1-2-8-22-32(28,29)17-6-3-5-16(14-17)21(27)26-11-9-25(10-12-26)15-19-23-20(24-30-19)18-7-4-13-31-18/h1,3-7,13-14,22H,8-12,15H2. The molecule has 3 heterocycles. The van der Waals surface area contributed by atoms with Crippen molar-refractivity contribution >= 4 is 27.3 Å². The van der Waals surface area contributed by atoms with Gasteiger partial charge in [-0.3, -0.25) is 9.69 Å². The Kier molecular flexibility index (Phi) is 6.66. The molecule has 11 heteroatoms. The zero-order valence-corrected chi connectivity index (χ0v) is 18.7. The van der Waals surface area contributed by atoms with Gasteiger partial charge in [-0.2, -0.15) is 9.71 Å². The van der Waals surface area contributed by atoms with Crippen molar-refractivity contribution < 1.29 is 17.7 Å². The highest BCUT2D eigenvalue weighted by molar-refractivity contribution is 7.89. The zero-order valence-electron chi connectivity index (χ0n) is 17.1. The molecule has 1 amide bonds. The average Bonchev–Trinajstić information content (AvgIpc) is 3.50. The fraction of sp³-hybridized carbons (Fsp3) is 0.286. The largest absolute Gasteiger partial charge is 0.338 e. The van der Waals surface area contributed by atoms with Gasteiger partial charge in [0.1, 0.15) is 0 Å². The van der Waals surface area contributed by atoms with Crippen LogP contribution in [0, 0.1) is 12.3 Å². The summed E-state index contributed by atoms with van der Waals surface area (Å²) in [5.41, 5.74) is 0.319. The van der Waals surface area contributed by atoms with Gasteiger partial charge in [-0.05, 0) is 29.6 Å². The molecule has 9 nitrogen and oxygen atoms in total. The van der Waals surface area contributed by atoms with Crippen molar-refractivity contribution in [1.82, 2.24) is 24.7 Å². The molecule has 0 aliphatic carbocycles. The maximum Gasteiger partial charge on any atom is 0.253 e. The minimum atomic E-state index is -3.76. The summed E-state index contributed by atoms with van der Waals surface area (Å²) in [6, 6.07) is 9.84. The summed E-state index contributed by atoms with van der Waals surface area (Å²) in [5.74, 6) is 3.13. The predicted molar refractivity (Wildman–Crippen MR) is 119 cm³/mol. The van der Waals surface area contributed by atoms with E-state index < -0.39 is 10.0 Å². The van der Waals surface area contributed by atoms with E-state index in [1.807, 2.05) is 17.5 Å². The predicted octanol–water partition coefficient (Wildman–Crippen LogP) is 1.67. The number of hydrogen-bond donors (Lipinski definition) is 1. The van der Waals surface area contributed by atoms with Crippen molar-refractivity contribution in [2.24, 2.45) is 0 Å². The Morgan fingerprint density at radius 2 is 2.03 bits per heavy atom. The van der Waals surface area contributed by atoms with Gasteiger partial charge in [-0.25, -0.2) is 8.42 Å². The van der Waals surface area contributed by atoms with Gasteiger partial charge >= 0.3 is 0 Å². The third-order valence-corrected chi connectivity index (χ3v) is 7.25. The first-order chi connectivity index (χ1) is 15.5. The number of piperazine rings is 1. The van der Waals surface area contributed by atoms with Crippen LogP contribution in [0.15, 0.2) is 51.2 Å². The highest BCUT2D eigenvalue weighted by atomic mass is 32.2. The maximum atomic E-state index is 12.9. The summed E-state index contributed by atoms with van der Waals surface area (Å²) >= 11 is 1.55. The van der Waals surface area contributed by atoms with Crippen molar-refractivity contribution in [3.8, 4) is 23.0 Å². The molecule has 32 heavy (non-hydrogen) atoms. The number of aromatic nitrogens is 2. The number of sulfonamides is 1. The molecule has 2 aromatic heterocycles. The number of benzene rings is 1. The number of amides is 1. The lowest BCUT2D eigenvalue weighted by atomic mass is 10.2. The van der Waals surface area contributed by atoms with Crippen molar-refractivity contribution in [3.63, 3.8) is 0 Å². The molecule has 1 saturated heterocycles. The van der Waals surface area contributed by atoms with E-state index in [1.54, 1.807) is 28.4 Å². The minimum absolute atomic E-state index is 0.00942. The van der Waals surface area contributed by atoms with E-state index >= 15 is 0 Å². The normalized spacial score (nSPS) is 14.9. The van der Waals surface area contributed by atoms with Gasteiger partial charge < -0.3 is 9.42 Å². The molecular weight excluding hydrogens is 450 g/mol. The smallest absolute Gasteiger partial charge is 0.253 e. The maximum absolute atomic E-state index is 12.9. The number of carbonyl (C=O) groups excluding carboxylic acids is 1. The molecule has 0 radical (unpaired) electrons. The monoisotopic (exact) mass is 471 g/mol. The Hall–Kier alpha value is -3.04. The van der Waals surface area contributed by atoms with Crippen molar-refractivity contribution in [2.45, 2.75) is 11.4 Å². The summed E-state index contributed by atoms with van der Waals surface area (Å²) < 4.78 is 32.2. The Bertz CT molecular complexity index is 1220. The number of nitrogens with zero attached hydrogens (tertiary/aromatic N) is 4. The quantitative estimate of drug-likeness (QED) is 0.522. The van der Waals surface area contributed by atoms with Crippen LogP contribution in [-0.4, -0.2) is 67.0 Å². The molecule has 1 aromatic carbocycles. The lowest BCUT2D eigenvalue weighted by molar-refractivity contribution is 0.0615. The van der Waals surface area contributed by atoms with E-state index in [0.29, 0.717) is 50.0 Å². The molecule has 1 N–H and O–H groups in total. The Labute approximate surface area is 190 Å². The van der Waals surface area contributed by atoms with Crippen LogP contribution in [-0.2, 0) is 16.6 Å². The van der Waals surface area contributed by atoms with E-state index in [2.05, 4.69) is 25.7 Å². The van der Waals surface area contributed by atoms with Gasteiger partial charge in [-0.15, -0.1) is 17.8 Å². The molecule has 1 aliphatic rings. The molecule has 166 valence electrons. The van der Waals surface area contributed by atoms with Gasteiger partial charge in [0, 0.05) is 31.7 Å². The molecule has 0 unspecified atom stereocenters. The lowest BCUT2D eigenvalue weighted by Gasteiger charge is -2.34. The third kappa shape index (κ3) is 5.05. The van der Waals surface area contributed by atoms with Crippen molar-refractivity contribution in [1.29, 1.82) is 0 Å². The van der Waals surface area contributed by atoms with E-state index in [4.69, 9.17) is 10.9 Å². The highest BCUT2D eigenvalue weighted by Crippen LogP contribution is 2.22. The summed E-state index contributed by atoms with van der Waals surface area (Å²) in [5, 5.41) is 5.98. The molecule has 0 spiro atoms. The van der Waals surface area contributed by atoms with Gasteiger partial charge in [0.2, 0.25) is 21.7 Å². The first-order valence-corrected chi connectivity index (χ1v) is 12.2. The summed E-state index contributed by atoms with van der Waals surface area (Å²) in [6.45, 7) is 2.70. The number of rotatable bonds is 7. The topological polar surface area (TPSA) is 109 Å². The van der Waals surface area contributed by atoms with Crippen LogP contribution in [0.25, 0.3) is 10.7 Å². The fourth-order valence-corrected chi connectivity index (χ4v) is 4.95. The first kappa shape index (κ1) is 22.2. The van der Waals surface area contributed by atoms with E-state index in [-0.39, 0.29) is 17.3 Å². The van der Waals surface area contributed by atoms with E-state index in [0.717, 1.165) is 4.88 Å². The summed E-state index contributed by atoms with van der Waals surface area (Å²) in [7, 11) is -3.76. The Morgan fingerprint density at radius 1 is 1.22 bits per heavy atom. The molecule has 4 rings (SSSR count). The van der Waals surface area contributed by atoms with Crippen LogP contribution in [0.1, 0.15) is 16.2 Å². The van der Waals surface area contributed by atoms with Crippen LogP contribution < -0.4 is 4.72 Å². The summed E-state index contributed by atoms with van der Waals surface area (Å²) in [4.78, 5) is 22.2. The van der Waals surface area contributed by atoms with Gasteiger partial charge in [0.25, 0.3) is 5.91 Å². The summed E-state index contributed by atoms with van der Waals surface area (Å²) in [6.07, 6.45) is 5.12. The van der Waals surface area contributed by atoms with Crippen LogP contribution in [0.3, 0.4) is 0 Å². The van der Waals surface area contributed by atoms with Crippen LogP contribution >= 0.6 is 11.3 Å². The van der Waals surface area contributed by atoms with Gasteiger partial charge in [-0.1, -0.05) is 23.2 Å². The van der Waals surface area contributed by atoms with E-state index in [1.165, 1.54) is 12.1 Å². The van der Waals surface area contributed by atoms with Crippen LogP contribution in [0.4, 0.5) is 0 Å². The Balaban J connectivity index is 1.35. The highest BCUT2D eigenvalue weighted by Gasteiger charge is 2.24. The van der Waals surface area contributed by atoms with Crippen LogP contribution in [0.2, 0.25) is 0 Å². The van der Waals surface area contributed by atoms with E-state index in [9.17, 15) is 13.2 Å². The SMILES string of the molecule is C#CCNS(=O)(=O)c1cccc(C(=O)N2CCN(Cc3nc(-c4cccs4)no3)CC2)c1. The molecule has 0 atom stereocenters. The zero-order chi connectivity index (χ0) is 22.6. The number of hydrogen-bond acceptors (Lipinski definition) is 8. The molecule has 3 aromatic rings. The number of thiophene rings is 1. The Morgan fingerprint density at radius 3 is 2.75 bits per heavy atom. The minimum Gasteiger partial charge on any atom is -0.338 e. The molecule has 1 aliphatic heterocycles. The number of carbonyl (C=O) groups is 1. The number of nitrogens with one attached hydrogen (secondary N) is 1. The molecular formula is C21H21N5O4S2. The molecule has 0 bridgehead atoms. The second-order valence-electron chi connectivity index (χ2n) is 7.11. The molecule has 0 saturated carbocycles. The fourth-order valence-electron chi connectivity index (χ4n) is 3.32. The second-order valence-corrected chi connectivity index (χ2v) is 9.83. The average molecular weight is 472 g/mol. The lowest BCUT2D eigenvalue weighted by Crippen LogP contribution is -2.48. The second kappa shape index (κ2) is 9.62. The molecule has 1 fully saturated rings. The van der Waals surface area contributed by atoms with Crippen LogP contribution in [0.5, 0.6) is 0 Å². The van der Waals surface area contributed by atoms with Crippen molar-refractivity contribution in [3.05, 3.63) is 53.2 Å². The third-order valence-electron chi connectivity index (χ3n) is 4.98.